The molecule has 0 N–H and O–H groups in total. The maximum absolute atomic E-state index is 5.37. The van der Waals surface area contributed by atoms with Gasteiger partial charge < -0.3 is 4.74 Å². The maximum Gasteiger partial charge on any atom is 0.198 e. The van der Waals surface area contributed by atoms with E-state index >= 15 is 0 Å². The van der Waals surface area contributed by atoms with Gasteiger partial charge in [-0.25, -0.2) is 9.50 Å². The largest absolute Gasteiger partial charge is 0.493 e. The van der Waals surface area contributed by atoms with Crippen LogP contribution in [-0.4, -0.2) is 26.7 Å². The quantitative estimate of drug-likeness (QED) is 0.579. The van der Waals surface area contributed by atoms with Crippen LogP contribution in [-0.2, 0) is 12.8 Å². The van der Waals surface area contributed by atoms with Crippen LogP contribution in [0.2, 0.25) is 0 Å². The number of para-hydroxylation sites is 1. The van der Waals surface area contributed by atoms with Gasteiger partial charge in [0.2, 0.25) is 0 Å². The first kappa shape index (κ1) is 14.6. The van der Waals surface area contributed by atoms with Gasteiger partial charge in [0.05, 0.1) is 12.6 Å². The van der Waals surface area contributed by atoms with Crippen LogP contribution in [0.1, 0.15) is 17.2 Å². The SMILES string of the molecule is COc1ccc(C)n2nc(CCc3ccc4ccccc4n3)nc12. The fraction of sp³-hybridized carbons (Fsp3) is 0.211. The highest BCUT2D eigenvalue weighted by atomic mass is 16.5. The number of benzene rings is 1. The zero-order valence-corrected chi connectivity index (χ0v) is 13.7. The Morgan fingerprint density at radius 3 is 2.71 bits per heavy atom. The van der Waals surface area contributed by atoms with Crippen molar-refractivity contribution in [3.63, 3.8) is 0 Å². The number of aromatic nitrogens is 4. The van der Waals surface area contributed by atoms with E-state index in [1.807, 2.05) is 41.8 Å². The normalized spacial score (nSPS) is 11.2. The number of fused-ring (bicyclic) bond motifs is 2. The molecule has 4 rings (SSSR count). The van der Waals surface area contributed by atoms with Gasteiger partial charge in [-0.05, 0) is 37.6 Å². The van der Waals surface area contributed by atoms with Gasteiger partial charge in [0.1, 0.15) is 0 Å². The highest BCUT2D eigenvalue weighted by Crippen LogP contribution is 2.19. The summed E-state index contributed by atoms with van der Waals surface area (Å²) in [6.45, 7) is 2.01. The van der Waals surface area contributed by atoms with Gasteiger partial charge in [-0.3, -0.25) is 4.98 Å². The first-order chi connectivity index (χ1) is 11.7. The lowest BCUT2D eigenvalue weighted by atomic mass is 10.1. The fourth-order valence-corrected chi connectivity index (χ4v) is 2.85. The first-order valence-corrected chi connectivity index (χ1v) is 7.98. The monoisotopic (exact) mass is 318 g/mol. The minimum absolute atomic E-state index is 0.739. The van der Waals surface area contributed by atoms with Crippen LogP contribution in [0.4, 0.5) is 0 Å². The van der Waals surface area contributed by atoms with Gasteiger partial charge in [-0.2, -0.15) is 5.10 Å². The van der Waals surface area contributed by atoms with E-state index in [0.717, 1.165) is 52.4 Å². The Bertz CT molecular complexity index is 1020. The zero-order chi connectivity index (χ0) is 16.5. The van der Waals surface area contributed by atoms with E-state index in [4.69, 9.17) is 9.72 Å². The summed E-state index contributed by atoms with van der Waals surface area (Å²) in [6.07, 6.45) is 1.55. The highest BCUT2D eigenvalue weighted by molar-refractivity contribution is 5.78. The smallest absolute Gasteiger partial charge is 0.198 e. The second-order valence-electron chi connectivity index (χ2n) is 5.80. The number of aryl methyl sites for hydroxylation is 3. The van der Waals surface area contributed by atoms with Crippen LogP contribution in [0.5, 0.6) is 5.75 Å². The van der Waals surface area contributed by atoms with Crippen molar-refractivity contribution < 1.29 is 4.74 Å². The third-order valence-electron chi connectivity index (χ3n) is 4.16. The molecule has 0 saturated carbocycles. The zero-order valence-electron chi connectivity index (χ0n) is 13.7. The average molecular weight is 318 g/mol. The third kappa shape index (κ3) is 2.58. The molecule has 3 heterocycles. The summed E-state index contributed by atoms with van der Waals surface area (Å²) in [6, 6.07) is 16.2. The second-order valence-corrected chi connectivity index (χ2v) is 5.80. The van der Waals surface area contributed by atoms with Crippen LogP contribution in [0.3, 0.4) is 0 Å². The summed E-state index contributed by atoms with van der Waals surface area (Å²) in [5, 5.41) is 5.76. The van der Waals surface area contributed by atoms with Crippen molar-refractivity contribution >= 4 is 16.6 Å². The van der Waals surface area contributed by atoms with Gasteiger partial charge in [0.15, 0.2) is 17.2 Å². The molecule has 0 spiro atoms. The Morgan fingerprint density at radius 1 is 0.958 bits per heavy atom. The summed E-state index contributed by atoms with van der Waals surface area (Å²) >= 11 is 0. The fourth-order valence-electron chi connectivity index (χ4n) is 2.85. The summed E-state index contributed by atoms with van der Waals surface area (Å²) in [4.78, 5) is 9.33. The molecule has 24 heavy (non-hydrogen) atoms. The molecule has 0 aliphatic heterocycles. The van der Waals surface area contributed by atoms with Crippen molar-refractivity contribution in [2.75, 3.05) is 7.11 Å². The summed E-state index contributed by atoms with van der Waals surface area (Å²) in [7, 11) is 1.65. The number of hydrogen-bond acceptors (Lipinski definition) is 4. The van der Waals surface area contributed by atoms with Gasteiger partial charge in [0, 0.05) is 23.2 Å². The molecule has 0 aliphatic carbocycles. The van der Waals surface area contributed by atoms with E-state index in [-0.39, 0.29) is 0 Å². The molecule has 0 bridgehead atoms. The van der Waals surface area contributed by atoms with E-state index < -0.39 is 0 Å². The first-order valence-electron chi connectivity index (χ1n) is 7.98. The lowest BCUT2D eigenvalue weighted by Crippen LogP contribution is -1.98. The molecular formula is C19H18N4O. The third-order valence-corrected chi connectivity index (χ3v) is 4.16. The number of nitrogens with zero attached hydrogens (tertiary/aromatic N) is 4. The summed E-state index contributed by atoms with van der Waals surface area (Å²) in [5.41, 5.74) is 3.87. The number of hydrogen-bond donors (Lipinski definition) is 0. The molecule has 0 radical (unpaired) electrons. The minimum atomic E-state index is 0.739. The lowest BCUT2D eigenvalue weighted by molar-refractivity contribution is 0.416. The van der Waals surface area contributed by atoms with Crippen LogP contribution in [0.25, 0.3) is 16.6 Å². The standard InChI is InChI=1S/C19H18N4O/c1-13-7-11-17(24-2)19-21-18(22-23(13)19)12-10-15-9-8-14-5-3-4-6-16(14)20-15/h3-9,11H,10,12H2,1-2H3. The Balaban J connectivity index is 1.60. The van der Waals surface area contributed by atoms with Crippen molar-refractivity contribution in [1.29, 1.82) is 0 Å². The van der Waals surface area contributed by atoms with E-state index in [0.29, 0.717) is 0 Å². The minimum Gasteiger partial charge on any atom is -0.493 e. The topological polar surface area (TPSA) is 52.3 Å². The Labute approximate surface area is 139 Å². The Kier molecular flexibility index (Phi) is 3.61. The Morgan fingerprint density at radius 2 is 1.83 bits per heavy atom. The number of pyridine rings is 2. The molecule has 0 unspecified atom stereocenters. The van der Waals surface area contributed by atoms with Crippen LogP contribution >= 0.6 is 0 Å². The van der Waals surface area contributed by atoms with Crippen LogP contribution < -0.4 is 4.74 Å². The van der Waals surface area contributed by atoms with Crippen molar-refractivity contribution in [1.82, 2.24) is 19.6 Å². The molecule has 3 aromatic heterocycles. The van der Waals surface area contributed by atoms with Crippen LogP contribution in [0, 0.1) is 6.92 Å². The van der Waals surface area contributed by atoms with Crippen molar-refractivity contribution in [3.05, 3.63) is 65.7 Å². The molecule has 120 valence electrons. The molecule has 0 aliphatic rings. The summed E-state index contributed by atoms with van der Waals surface area (Å²) in [5.74, 6) is 1.54. The average Bonchev–Trinajstić information content (AvgIpc) is 3.05. The van der Waals surface area contributed by atoms with Gasteiger partial charge in [0.25, 0.3) is 0 Å². The Hall–Kier alpha value is -2.95. The predicted molar refractivity (Wildman–Crippen MR) is 93.4 cm³/mol. The van der Waals surface area contributed by atoms with Crippen molar-refractivity contribution in [2.24, 2.45) is 0 Å². The number of ether oxygens (including phenoxy) is 1. The molecule has 4 aromatic rings. The molecule has 1 aromatic carbocycles. The lowest BCUT2D eigenvalue weighted by Gasteiger charge is -2.02. The molecule has 0 atom stereocenters. The molecular weight excluding hydrogens is 300 g/mol. The van der Waals surface area contributed by atoms with Crippen molar-refractivity contribution in [2.45, 2.75) is 19.8 Å². The van der Waals surface area contributed by atoms with Gasteiger partial charge >= 0.3 is 0 Å². The number of rotatable bonds is 4. The van der Waals surface area contributed by atoms with E-state index in [1.165, 1.54) is 0 Å². The molecule has 5 heteroatoms. The van der Waals surface area contributed by atoms with Gasteiger partial charge in [-0.15, -0.1) is 0 Å². The molecule has 0 fully saturated rings. The molecule has 5 nitrogen and oxygen atoms in total. The van der Waals surface area contributed by atoms with E-state index in [2.05, 4.69) is 28.3 Å². The second kappa shape index (κ2) is 5.92. The molecule has 0 amide bonds. The van der Waals surface area contributed by atoms with E-state index in [9.17, 15) is 0 Å². The van der Waals surface area contributed by atoms with Crippen LogP contribution in [0.15, 0.2) is 48.5 Å². The number of methoxy groups -OCH3 is 1. The maximum atomic E-state index is 5.37. The highest BCUT2D eigenvalue weighted by Gasteiger charge is 2.11. The van der Waals surface area contributed by atoms with Crippen molar-refractivity contribution in [3.8, 4) is 5.75 Å². The van der Waals surface area contributed by atoms with E-state index in [1.54, 1.807) is 7.11 Å². The predicted octanol–water partition coefficient (Wildman–Crippen LogP) is 3.38. The van der Waals surface area contributed by atoms with Gasteiger partial charge in [-0.1, -0.05) is 24.3 Å². The molecule has 0 saturated heterocycles. The summed E-state index contributed by atoms with van der Waals surface area (Å²) < 4.78 is 7.21.